The molecule has 1 heterocycles. The summed E-state index contributed by atoms with van der Waals surface area (Å²) in [5.41, 5.74) is 6.77. The zero-order valence-electron chi connectivity index (χ0n) is 13.5. The number of aliphatic hydroxyl groups is 1. The van der Waals surface area contributed by atoms with Gasteiger partial charge in [-0.05, 0) is 62.5 Å². The van der Waals surface area contributed by atoms with E-state index in [0.717, 1.165) is 5.47 Å². The van der Waals surface area contributed by atoms with E-state index in [1.807, 2.05) is 27.7 Å². The normalized spacial score (nSPS) is 20.5. The third-order valence-electron chi connectivity index (χ3n) is 4.31. The molecule has 0 atom stereocenters. The molecule has 0 aromatic heterocycles. The van der Waals surface area contributed by atoms with Gasteiger partial charge in [-0.25, -0.2) is 4.39 Å². The van der Waals surface area contributed by atoms with Gasteiger partial charge in [0.15, 0.2) is 0 Å². The number of halogens is 1. The van der Waals surface area contributed by atoms with Crippen LogP contribution in [0.1, 0.15) is 38.8 Å². The van der Waals surface area contributed by atoms with Crippen molar-refractivity contribution in [3.8, 4) is 0 Å². The molecule has 1 aromatic carbocycles. The van der Waals surface area contributed by atoms with Gasteiger partial charge < -0.3 is 20.1 Å². The van der Waals surface area contributed by atoms with Gasteiger partial charge >= 0.3 is 7.12 Å². The van der Waals surface area contributed by atoms with Crippen LogP contribution in [0.3, 0.4) is 0 Å². The smallest absolute Gasteiger partial charge is 0.400 e. The molecule has 1 aliphatic heterocycles. The minimum Gasteiger partial charge on any atom is -0.400 e. The maximum absolute atomic E-state index is 13.6. The monoisotopic (exact) mass is 307 g/mol. The molecule has 4 nitrogen and oxygen atoms in total. The van der Waals surface area contributed by atoms with Crippen LogP contribution in [-0.4, -0.2) is 30.0 Å². The second-order valence-corrected chi connectivity index (χ2v) is 6.56. The van der Waals surface area contributed by atoms with Gasteiger partial charge in [0, 0.05) is 6.54 Å². The Morgan fingerprint density at radius 1 is 1.23 bits per heavy atom. The van der Waals surface area contributed by atoms with Crippen molar-refractivity contribution < 1.29 is 18.8 Å². The van der Waals surface area contributed by atoms with Crippen molar-refractivity contribution in [3.05, 3.63) is 40.6 Å². The largest absolute Gasteiger partial charge is 0.491 e. The summed E-state index contributed by atoms with van der Waals surface area (Å²) in [5, 5.41) is 9.17. The summed E-state index contributed by atoms with van der Waals surface area (Å²) in [5.74, 6) is -0.400. The van der Waals surface area contributed by atoms with Crippen molar-refractivity contribution in [1.82, 2.24) is 0 Å². The molecule has 0 bridgehead atoms. The molecule has 120 valence electrons. The van der Waals surface area contributed by atoms with E-state index in [0.29, 0.717) is 11.1 Å². The Bertz CT molecular complexity index is 571. The zero-order chi connectivity index (χ0) is 16.5. The Labute approximate surface area is 131 Å². The van der Waals surface area contributed by atoms with Crippen molar-refractivity contribution in [2.24, 2.45) is 5.73 Å². The SMILES string of the molecule is CC1(C)OB(C(=Cc2cc(F)cc(CO)c2)CN)OC1(C)C. The number of nitrogens with two attached hydrogens (primary N) is 1. The van der Waals surface area contributed by atoms with Crippen molar-refractivity contribution in [2.75, 3.05) is 6.54 Å². The van der Waals surface area contributed by atoms with Crippen LogP contribution in [0.2, 0.25) is 0 Å². The van der Waals surface area contributed by atoms with Crippen LogP contribution in [0, 0.1) is 5.82 Å². The van der Waals surface area contributed by atoms with Crippen LogP contribution in [0.25, 0.3) is 6.08 Å². The summed E-state index contributed by atoms with van der Waals surface area (Å²) in [6, 6.07) is 4.40. The van der Waals surface area contributed by atoms with Crippen molar-refractivity contribution in [2.45, 2.75) is 45.5 Å². The Kier molecular flexibility index (Phi) is 4.77. The van der Waals surface area contributed by atoms with Crippen LogP contribution in [0.5, 0.6) is 0 Å². The molecule has 1 aromatic rings. The fourth-order valence-corrected chi connectivity index (χ4v) is 2.28. The maximum Gasteiger partial charge on any atom is 0.491 e. The molecule has 0 aliphatic carbocycles. The van der Waals surface area contributed by atoms with E-state index in [9.17, 15) is 4.39 Å². The highest BCUT2D eigenvalue weighted by molar-refractivity contribution is 6.55. The third-order valence-corrected chi connectivity index (χ3v) is 4.31. The van der Waals surface area contributed by atoms with Crippen molar-refractivity contribution in [1.29, 1.82) is 0 Å². The van der Waals surface area contributed by atoms with Crippen LogP contribution in [-0.2, 0) is 15.9 Å². The van der Waals surface area contributed by atoms with Crippen LogP contribution in [0.15, 0.2) is 23.7 Å². The summed E-state index contributed by atoms with van der Waals surface area (Å²) in [4.78, 5) is 0. The van der Waals surface area contributed by atoms with Crippen molar-refractivity contribution in [3.63, 3.8) is 0 Å². The number of rotatable bonds is 4. The highest BCUT2D eigenvalue weighted by Crippen LogP contribution is 2.38. The Morgan fingerprint density at radius 2 is 1.82 bits per heavy atom. The average molecular weight is 307 g/mol. The average Bonchev–Trinajstić information content (AvgIpc) is 2.64. The van der Waals surface area contributed by atoms with Gasteiger partial charge in [0.2, 0.25) is 0 Å². The molecule has 1 saturated heterocycles. The minimum atomic E-state index is -0.559. The van der Waals surface area contributed by atoms with E-state index < -0.39 is 24.1 Å². The molecule has 0 radical (unpaired) electrons. The number of benzene rings is 1. The van der Waals surface area contributed by atoms with Crippen LogP contribution < -0.4 is 5.73 Å². The van der Waals surface area contributed by atoms with Gasteiger partial charge in [0.25, 0.3) is 0 Å². The third kappa shape index (κ3) is 3.41. The predicted molar refractivity (Wildman–Crippen MR) is 85.4 cm³/mol. The van der Waals surface area contributed by atoms with Gasteiger partial charge in [0.05, 0.1) is 17.8 Å². The minimum absolute atomic E-state index is 0.215. The van der Waals surface area contributed by atoms with Gasteiger partial charge in [-0.2, -0.15) is 0 Å². The first-order valence-electron chi connectivity index (χ1n) is 7.35. The number of hydrogen-bond acceptors (Lipinski definition) is 4. The van der Waals surface area contributed by atoms with E-state index in [1.165, 1.54) is 12.1 Å². The second kappa shape index (κ2) is 6.12. The van der Waals surface area contributed by atoms with E-state index in [1.54, 1.807) is 12.1 Å². The standard InChI is InChI=1S/C16H23BFNO3/c1-15(2)16(3,4)22-17(21-15)13(9-19)6-11-5-12(10-20)8-14(18)7-11/h5-8,20H,9-10,19H2,1-4H3. The zero-order valence-corrected chi connectivity index (χ0v) is 13.5. The molecule has 0 saturated carbocycles. The highest BCUT2D eigenvalue weighted by atomic mass is 19.1. The molecular weight excluding hydrogens is 284 g/mol. The Morgan fingerprint density at radius 3 is 2.32 bits per heavy atom. The summed E-state index contributed by atoms with van der Waals surface area (Å²) in [6.07, 6.45) is 1.75. The summed E-state index contributed by atoms with van der Waals surface area (Å²) < 4.78 is 25.5. The maximum atomic E-state index is 13.6. The van der Waals surface area contributed by atoms with E-state index >= 15 is 0 Å². The van der Waals surface area contributed by atoms with Crippen LogP contribution in [0.4, 0.5) is 4.39 Å². The predicted octanol–water partition coefficient (Wildman–Crippen LogP) is 2.29. The lowest BCUT2D eigenvalue weighted by Gasteiger charge is -2.32. The van der Waals surface area contributed by atoms with Gasteiger partial charge in [-0.3, -0.25) is 0 Å². The lowest BCUT2D eigenvalue weighted by atomic mass is 9.77. The topological polar surface area (TPSA) is 64.7 Å². The van der Waals surface area contributed by atoms with E-state index in [4.69, 9.17) is 20.1 Å². The molecular formula is C16H23BFNO3. The van der Waals surface area contributed by atoms with Gasteiger partial charge in [-0.1, -0.05) is 6.08 Å². The van der Waals surface area contributed by atoms with Gasteiger partial charge in [-0.15, -0.1) is 0 Å². The first-order valence-corrected chi connectivity index (χ1v) is 7.35. The molecule has 0 spiro atoms. The van der Waals surface area contributed by atoms with Gasteiger partial charge in [0.1, 0.15) is 5.82 Å². The summed E-state index contributed by atoms with van der Waals surface area (Å²) in [6.45, 7) is 7.88. The lowest BCUT2D eigenvalue weighted by molar-refractivity contribution is 0.00578. The molecule has 1 fully saturated rings. The highest BCUT2D eigenvalue weighted by Gasteiger charge is 2.52. The molecule has 3 N–H and O–H groups in total. The number of hydrogen-bond donors (Lipinski definition) is 2. The molecule has 6 heteroatoms. The van der Waals surface area contributed by atoms with Crippen molar-refractivity contribution >= 4 is 13.2 Å². The fraction of sp³-hybridized carbons (Fsp3) is 0.500. The first-order chi connectivity index (χ1) is 10.2. The van der Waals surface area contributed by atoms with Crippen LogP contribution >= 0.6 is 0 Å². The quantitative estimate of drug-likeness (QED) is 0.838. The lowest BCUT2D eigenvalue weighted by Crippen LogP contribution is -2.41. The fourth-order valence-electron chi connectivity index (χ4n) is 2.28. The molecule has 1 aliphatic rings. The Balaban J connectivity index is 2.31. The summed E-state index contributed by atoms with van der Waals surface area (Å²) >= 11 is 0. The molecule has 0 amide bonds. The van der Waals surface area contributed by atoms with E-state index in [-0.39, 0.29) is 13.2 Å². The Hall–Kier alpha value is -1.21. The number of aliphatic hydroxyl groups excluding tert-OH is 1. The molecule has 0 unspecified atom stereocenters. The van der Waals surface area contributed by atoms with E-state index in [2.05, 4.69) is 0 Å². The summed E-state index contributed by atoms with van der Waals surface area (Å²) in [7, 11) is -0.559. The second-order valence-electron chi connectivity index (χ2n) is 6.56. The molecule has 2 rings (SSSR count). The first kappa shape index (κ1) is 17.2. The molecule has 22 heavy (non-hydrogen) atoms.